The fraction of sp³-hybridized carbons (Fsp3) is 0.750. The molecule has 0 radical (unpaired) electrons. The zero-order valence-corrected chi connectivity index (χ0v) is 12.7. The van der Waals surface area contributed by atoms with E-state index in [9.17, 15) is 4.70 Å². The van der Waals surface area contributed by atoms with E-state index in [0.717, 1.165) is 33.2 Å². The van der Waals surface area contributed by atoms with Gasteiger partial charge in [-0.05, 0) is 19.3 Å². The van der Waals surface area contributed by atoms with Crippen LogP contribution in [0.15, 0.2) is 12.1 Å². The molecular weight excluding hydrogens is 235 g/mol. The van der Waals surface area contributed by atoms with Crippen LogP contribution in [-0.4, -0.2) is 20.4 Å². The zero-order chi connectivity index (χ0) is 14.6. The molecule has 1 rings (SSSR count). The summed E-state index contributed by atoms with van der Waals surface area (Å²) in [5, 5.41) is 0. The molecule has 0 spiro atoms. The minimum atomic E-state index is 0.815. The van der Waals surface area contributed by atoms with Crippen molar-refractivity contribution in [2.75, 3.05) is 13.2 Å². The summed E-state index contributed by atoms with van der Waals surface area (Å²) in [7, 11) is 0.815. The Morgan fingerprint density at radius 2 is 1.84 bits per heavy atom. The molecule has 1 fully saturated rings. The Balaban J connectivity index is 0. The van der Waals surface area contributed by atoms with Crippen molar-refractivity contribution in [3.63, 3.8) is 0 Å². The van der Waals surface area contributed by atoms with Crippen molar-refractivity contribution in [2.45, 2.75) is 65.2 Å². The average molecular weight is 264 g/mol. The molecule has 0 bridgehead atoms. The molecule has 3 heteroatoms. The quantitative estimate of drug-likeness (QED) is 0.405. The summed E-state index contributed by atoms with van der Waals surface area (Å²) in [6.07, 6.45) is 16.2. The molecule has 1 heterocycles. The predicted molar refractivity (Wildman–Crippen MR) is 83.5 cm³/mol. The van der Waals surface area contributed by atoms with Gasteiger partial charge in [-0.2, -0.15) is 0 Å². The van der Waals surface area contributed by atoms with E-state index in [0.29, 0.717) is 0 Å². The van der Waals surface area contributed by atoms with Crippen LogP contribution in [0.25, 0.3) is 0 Å². The van der Waals surface area contributed by atoms with Crippen LogP contribution in [0.3, 0.4) is 0 Å². The number of hydrogen-bond acceptors (Lipinski definition) is 2. The molecule has 19 heavy (non-hydrogen) atoms. The summed E-state index contributed by atoms with van der Waals surface area (Å²) >= 11 is 0. The van der Waals surface area contributed by atoms with Gasteiger partial charge in [0.1, 0.15) is 0 Å². The van der Waals surface area contributed by atoms with Gasteiger partial charge < -0.3 is 4.74 Å². The molecule has 0 aromatic rings. The summed E-state index contributed by atoms with van der Waals surface area (Å²) in [6.45, 7) is 6.27. The first-order valence-corrected chi connectivity index (χ1v) is 7.44. The van der Waals surface area contributed by atoms with Gasteiger partial charge in [-0.3, -0.25) is 0 Å². The third kappa shape index (κ3) is 26.6. The van der Waals surface area contributed by atoms with Crippen LogP contribution in [0.5, 0.6) is 0 Å². The van der Waals surface area contributed by atoms with Gasteiger partial charge in [-0.1, -0.05) is 13.3 Å². The van der Waals surface area contributed by atoms with Crippen molar-refractivity contribution in [1.82, 2.24) is 0 Å². The van der Waals surface area contributed by atoms with E-state index in [-0.39, 0.29) is 0 Å². The van der Waals surface area contributed by atoms with Crippen molar-refractivity contribution in [1.29, 1.82) is 0 Å². The minimum absolute atomic E-state index is 0.815. The van der Waals surface area contributed by atoms with Crippen LogP contribution in [0.1, 0.15) is 65.2 Å². The first-order valence-electron chi connectivity index (χ1n) is 7.44. The molecule has 1 aliphatic rings. The summed E-state index contributed by atoms with van der Waals surface area (Å²) in [4.78, 5) is 0. The van der Waals surface area contributed by atoms with Crippen LogP contribution in [-0.2, 0) is 9.44 Å². The van der Waals surface area contributed by atoms with Crippen LogP contribution in [0.2, 0.25) is 0 Å². The Hall–Kier alpha value is -0.875. The van der Waals surface area contributed by atoms with E-state index in [1.54, 1.807) is 5.98 Å². The van der Waals surface area contributed by atoms with E-state index in [1.807, 2.05) is 6.08 Å². The van der Waals surface area contributed by atoms with Crippen LogP contribution in [0, 0.1) is 12.3 Å². The topological polar surface area (TPSA) is 26.3 Å². The van der Waals surface area contributed by atoms with Crippen molar-refractivity contribution in [3.8, 4) is 12.3 Å². The van der Waals surface area contributed by atoms with Crippen LogP contribution >= 0.6 is 0 Å². The van der Waals surface area contributed by atoms with E-state index in [4.69, 9.17) is 11.2 Å². The number of ether oxygens (including phenoxy) is 1. The van der Waals surface area contributed by atoms with Crippen LogP contribution < -0.4 is 0 Å². The van der Waals surface area contributed by atoms with E-state index < -0.39 is 0 Å². The monoisotopic (exact) mass is 264 g/mol. The average Bonchev–Trinajstić information content (AvgIpc) is 3.01. The first-order chi connectivity index (χ1) is 9.33. The summed E-state index contributed by atoms with van der Waals surface area (Å²) in [6, 6.07) is 0. The molecular formula is C16H29BO2. The van der Waals surface area contributed by atoms with Gasteiger partial charge in [0.25, 0.3) is 0 Å². The van der Waals surface area contributed by atoms with Gasteiger partial charge in [-0.15, -0.1) is 12.3 Å². The molecule has 0 aliphatic carbocycles. The number of hydrogen-bond donors (Lipinski definition) is 0. The van der Waals surface area contributed by atoms with Crippen molar-refractivity contribution in [3.05, 3.63) is 12.1 Å². The second-order valence-corrected chi connectivity index (χ2v) is 4.33. The first kappa shape index (κ1) is 20.4. The van der Waals surface area contributed by atoms with Gasteiger partial charge in [-0.25, -0.2) is 0 Å². The standard InChI is InChI=1S/C6H11BO.C6H10.C4H8O/c1-2-3-4-5-6-7-8;1-3-5-6-4-2;1-2-4-5-3-1/h5-6H,2-4H2,1H3;1H,4-6H2,2H3;1-4H2/b6-5+;;. The fourth-order valence-electron chi connectivity index (χ4n) is 1.26. The van der Waals surface area contributed by atoms with Crippen molar-refractivity contribution < 1.29 is 9.44 Å². The summed E-state index contributed by atoms with van der Waals surface area (Å²) < 4.78 is 14.6. The Morgan fingerprint density at radius 1 is 1.21 bits per heavy atom. The third-order valence-corrected chi connectivity index (χ3v) is 2.44. The van der Waals surface area contributed by atoms with Gasteiger partial charge in [0, 0.05) is 19.6 Å². The maximum absolute atomic E-state index is 9.68. The molecule has 0 N–H and O–H groups in total. The molecule has 0 unspecified atom stereocenters. The fourth-order valence-corrected chi connectivity index (χ4v) is 1.26. The molecule has 0 aromatic carbocycles. The zero-order valence-electron chi connectivity index (χ0n) is 12.7. The Labute approximate surface area is 120 Å². The Kier molecular flexibility index (Phi) is 24.0. The molecule has 0 amide bonds. The SMILES string of the molecule is C#CCCCC.C1CCOC1.CCCC/C=C/B=O. The Morgan fingerprint density at radius 3 is 2.16 bits per heavy atom. The number of unbranched alkanes of at least 4 members (excludes halogenated alkanes) is 4. The normalized spacial score (nSPS) is 12.7. The Bertz CT molecular complexity index is 220. The van der Waals surface area contributed by atoms with E-state index in [2.05, 4.69) is 19.8 Å². The van der Waals surface area contributed by atoms with E-state index in [1.165, 1.54) is 38.5 Å². The predicted octanol–water partition coefficient (Wildman–Crippen LogP) is 4.35. The number of rotatable bonds is 6. The molecule has 108 valence electrons. The molecule has 1 saturated heterocycles. The van der Waals surface area contributed by atoms with Gasteiger partial charge in [0.2, 0.25) is 0 Å². The summed E-state index contributed by atoms with van der Waals surface area (Å²) in [5.74, 6) is 4.12. The number of allylic oxidation sites excluding steroid dienone is 1. The molecule has 0 saturated carbocycles. The molecule has 1 aliphatic heterocycles. The summed E-state index contributed by atoms with van der Waals surface area (Å²) in [5.41, 5.74) is 0. The van der Waals surface area contributed by atoms with Gasteiger partial charge >= 0.3 is 50.1 Å². The van der Waals surface area contributed by atoms with Crippen molar-refractivity contribution in [2.24, 2.45) is 0 Å². The van der Waals surface area contributed by atoms with Gasteiger partial charge in [0.05, 0.1) is 0 Å². The van der Waals surface area contributed by atoms with E-state index >= 15 is 0 Å². The van der Waals surface area contributed by atoms with Crippen molar-refractivity contribution >= 4 is 7.15 Å². The second-order valence-electron chi connectivity index (χ2n) is 4.33. The molecule has 0 atom stereocenters. The number of terminal acetylenes is 1. The molecule has 2 nitrogen and oxygen atoms in total. The molecule has 0 aromatic heterocycles. The van der Waals surface area contributed by atoms with Crippen LogP contribution in [0.4, 0.5) is 0 Å². The second kappa shape index (κ2) is 22.3. The third-order valence-electron chi connectivity index (χ3n) is 2.44. The van der Waals surface area contributed by atoms with Gasteiger partial charge in [0.15, 0.2) is 0 Å². The maximum atomic E-state index is 9.68.